The van der Waals surface area contributed by atoms with Crippen LogP contribution in [0.5, 0.6) is 11.8 Å². The Hall–Kier alpha value is -3.49. The third kappa shape index (κ3) is 2.54. The van der Waals surface area contributed by atoms with Gasteiger partial charge in [0.2, 0.25) is 0 Å². The molecule has 22 heavy (non-hydrogen) atoms. The van der Waals surface area contributed by atoms with Gasteiger partial charge in [-0.25, -0.2) is 0 Å². The lowest BCUT2D eigenvalue weighted by molar-refractivity contribution is -0.384. The van der Waals surface area contributed by atoms with E-state index in [1.165, 1.54) is 22.9 Å². The van der Waals surface area contributed by atoms with Crippen LogP contribution in [-0.4, -0.2) is 25.1 Å². The molecule has 0 spiro atoms. The van der Waals surface area contributed by atoms with Crippen LogP contribution in [0.15, 0.2) is 48.5 Å². The summed E-state index contributed by atoms with van der Waals surface area (Å²) in [5.41, 5.74) is 6.47. The fourth-order valence-corrected chi connectivity index (χ4v) is 1.81. The largest absolute Gasteiger partial charge is 0.421 e. The minimum atomic E-state index is -0.534. The number of ether oxygens (including phenoxy) is 1. The van der Waals surface area contributed by atoms with Gasteiger partial charge in [0.1, 0.15) is 0 Å². The van der Waals surface area contributed by atoms with Crippen LogP contribution in [0.2, 0.25) is 0 Å². The van der Waals surface area contributed by atoms with Gasteiger partial charge < -0.3 is 10.5 Å². The summed E-state index contributed by atoms with van der Waals surface area (Å²) in [6.45, 7) is 0. The molecule has 0 bridgehead atoms. The molecule has 0 amide bonds. The molecule has 1 aromatic heterocycles. The van der Waals surface area contributed by atoms with Crippen molar-refractivity contribution in [2.75, 3.05) is 5.73 Å². The van der Waals surface area contributed by atoms with Gasteiger partial charge in [-0.3, -0.25) is 10.1 Å². The second-order valence-electron chi connectivity index (χ2n) is 4.29. The van der Waals surface area contributed by atoms with Gasteiger partial charge in [-0.2, -0.15) is 4.68 Å². The summed E-state index contributed by atoms with van der Waals surface area (Å²) < 4.78 is 6.94. The minimum absolute atomic E-state index is 0.103. The molecule has 0 aliphatic rings. The second kappa shape index (κ2) is 5.48. The number of para-hydroxylation sites is 1. The number of nitro groups is 1. The third-order valence-electron chi connectivity index (χ3n) is 2.85. The highest BCUT2D eigenvalue weighted by Gasteiger charge is 2.14. The van der Waals surface area contributed by atoms with Crippen LogP contribution in [0, 0.1) is 10.1 Å². The van der Waals surface area contributed by atoms with Crippen molar-refractivity contribution >= 4 is 11.4 Å². The van der Waals surface area contributed by atoms with Crippen LogP contribution in [0.1, 0.15) is 0 Å². The number of hydrogen-bond acceptors (Lipinski definition) is 7. The van der Waals surface area contributed by atoms with Crippen molar-refractivity contribution in [3.05, 3.63) is 58.6 Å². The molecule has 110 valence electrons. The summed E-state index contributed by atoms with van der Waals surface area (Å²) in [6, 6.07) is 13.2. The molecular weight excluding hydrogens is 288 g/mol. The van der Waals surface area contributed by atoms with Crippen LogP contribution in [0.25, 0.3) is 5.69 Å². The van der Waals surface area contributed by atoms with E-state index in [0.29, 0.717) is 5.69 Å². The summed E-state index contributed by atoms with van der Waals surface area (Å²) >= 11 is 0. The Bertz CT molecular complexity index is 818. The zero-order chi connectivity index (χ0) is 15.5. The maximum absolute atomic E-state index is 10.7. The van der Waals surface area contributed by atoms with Crippen molar-refractivity contribution in [2.45, 2.75) is 0 Å². The van der Waals surface area contributed by atoms with Gasteiger partial charge in [0.25, 0.3) is 5.69 Å². The Morgan fingerprint density at radius 1 is 1.18 bits per heavy atom. The van der Waals surface area contributed by atoms with Crippen molar-refractivity contribution in [3.63, 3.8) is 0 Å². The average molecular weight is 298 g/mol. The number of tetrazole rings is 1. The maximum Gasteiger partial charge on any atom is 0.345 e. The predicted molar refractivity (Wildman–Crippen MR) is 76.7 cm³/mol. The number of non-ortho nitro benzene ring substituents is 1. The Morgan fingerprint density at radius 2 is 1.95 bits per heavy atom. The van der Waals surface area contributed by atoms with Crippen molar-refractivity contribution in [1.82, 2.24) is 20.2 Å². The number of benzene rings is 2. The number of aromatic nitrogens is 4. The highest BCUT2D eigenvalue weighted by atomic mass is 16.6. The summed E-state index contributed by atoms with van der Waals surface area (Å²) in [5.74, 6) is 0.234. The molecule has 0 saturated carbocycles. The lowest BCUT2D eigenvalue weighted by Gasteiger charge is -2.07. The van der Waals surface area contributed by atoms with Gasteiger partial charge in [0.15, 0.2) is 5.75 Å². The molecule has 0 unspecified atom stereocenters. The average Bonchev–Trinajstić information content (AvgIpc) is 2.98. The lowest BCUT2D eigenvalue weighted by atomic mass is 10.2. The number of hydrogen-bond donors (Lipinski definition) is 1. The third-order valence-corrected chi connectivity index (χ3v) is 2.85. The fourth-order valence-electron chi connectivity index (χ4n) is 1.81. The van der Waals surface area contributed by atoms with Gasteiger partial charge in [0, 0.05) is 12.1 Å². The zero-order valence-electron chi connectivity index (χ0n) is 11.2. The summed E-state index contributed by atoms with van der Waals surface area (Å²) in [4.78, 5) is 10.2. The van der Waals surface area contributed by atoms with Gasteiger partial charge in [0.05, 0.1) is 16.3 Å². The maximum atomic E-state index is 10.7. The molecule has 0 atom stereocenters. The number of nitrogens with zero attached hydrogens (tertiary/aromatic N) is 5. The first-order valence-corrected chi connectivity index (χ1v) is 6.21. The van der Waals surface area contributed by atoms with E-state index < -0.39 is 4.92 Å². The predicted octanol–water partition coefficient (Wildman–Crippen LogP) is 1.94. The molecule has 0 fully saturated rings. The standard InChI is InChI=1S/C13H10N6O3/c14-11-8-10(19(20)21)6-7-12(11)22-13-15-16-17-18(13)9-4-2-1-3-5-9/h1-8H,14H2. The number of anilines is 1. The number of nitrogens with two attached hydrogens (primary N) is 1. The molecule has 2 aromatic carbocycles. The molecule has 0 aliphatic carbocycles. The van der Waals surface area contributed by atoms with Crippen molar-refractivity contribution in [2.24, 2.45) is 0 Å². The molecular formula is C13H10N6O3. The lowest BCUT2D eigenvalue weighted by Crippen LogP contribution is -2.01. The van der Waals surface area contributed by atoms with Crippen molar-refractivity contribution in [1.29, 1.82) is 0 Å². The molecule has 1 heterocycles. The van der Waals surface area contributed by atoms with Crippen LogP contribution >= 0.6 is 0 Å². The molecule has 0 aliphatic heterocycles. The highest BCUT2D eigenvalue weighted by molar-refractivity contribution is 5.58. The highest BCUT2D eigenvalue weighted by Crippen LogP contribution is 2.30. The minimum Gasteiger partial charge on any atom is -0.421 e. The molecule has 3 aromatic rings. The Labute approximate surface area is 124 Å². The Morgan fingerprint density at radius 3 is 2.64 bits per heavy atom. The summed E-state index contributed by atoms with van der Waals surface area (Å²) in [6.07, 6.45) is 0. The normalized spacial score (nSPS) is 10.4. The monoisotopic (exact) mass is 298 g/mol. The Kier molecular flexibility index (Phi) is 3.36. The van der Waals surface area contributed by atoms with Gasteiger partial charge >= 0.3 is 6.01 Å². The quantitative estimate of drug-likeness (QED) is 0.443. The van der Waals surface area contributed by atoms with E-state index in [-0.39, 0.29) is 23.1 Å². The smallest absolute Gasteiger partial charge is 0.345 e. The zero-order valence-corrected chi connectivity index (χ0v) is 11.2. The van der Waals surface area contributed by atoms with Crippen molar-refractivity contribution in [3.8, 4) is 17.4 Å². The Balaban J connectivity index is 1.92. The number of nitrogen functional groups attached to an aromatic ring is 1. The van der Waals surface area contributed by atoms with E-state index in [0.717, 1.165) is 0 Å². The molecule has 0 saturated heterocycles. The first kappa shape index (κ1) is 13.5. The summed E-state index contributed by atoms with van der Waals surface area (Å²) in [7, 11) is 0. The van der Waals surface area contributed by atoms with Crippen molar-refractivity contribution < 1.29 is 9.66 Å². The SMILES string of the molecule is Nc1cc([N+](=O)[O-])ccc1Oc1nnnn1-c1ccccc1. The van der Waals surface area contributed by atoms with E-state index in [1.54, 1.807) is 0 Å². The van der Waals surface area contributed by atoms with Gasteiger partial charge in [-0.05, 0) is 28.6 Å². The van der Waals surface area contributed by atoms with Crippen LogP contribution in [0.3, 0.4) is 0 Å². The van der Waals surface area contributed by atoms with Gasteiger partial charge in [-0.15, -0.1) is 0 Å². The van der Waals surface area contributed by atoms with E-state index in [2.05, 4.69) is 15.5 Å². The molecule has 9 nitrogen and oxygen atoms in total. The molecule has 0 radical (unpaired) electrons. The van der Waals surface area contributed by atoms with Crippen LogP contribution < -0.4 is 10.5 Å². The molecule has 2 N–H and O–H groups in total. The summed E-state index contributed by atoms with van der Waals surface area (Å²) in [5, 5.41) is 21.9. The number of nitro benzene ring substituents is 1. The van der Waals surface area contributed by atoms with E-state index in [1.807, 2.05) is 30.3 Å². The van der Waals surface area contributed by atoms with E-state index in [9.17, 15) is 10.1 Å². The first-order valence-electron chi connectivity index (χ1n) is 6.21. The fraction of sp³-hybridized carbons (Fsp3) is 0. The topological polar surface area (TPSA) is 122 Å². The first-order chi connectivity index (χ1) is 10.6. The van der Waals surface area contributed by atoms with Crippen LogP contribution in [0.4, 0.5) is 11.4 Å². The number of rotatable bonds is 4. The van der Waals surface area contributed by atoms with E-state index >= 15 is 0 Å². The second-order valence-corrected chi connectivity index (χ2v) is 4.29. The van der Waals surface area contributed by atoms with Crippen LogP contribution in [-0.2, 0) is 0 Å². The molecule has 9 heteroatoms. The molecule has 3 rings (SSSR count). The van der Waals surface area contributed by atoms with E-state index in [4.69, 9.17) is 10.5 Å². The van der Waals surface area contributed by atoms with Gasteiger partial charge in [-0.1, -0.05) is 23.3 Å².